The van der Waals surface area contributed by atoms with E-state index in [2.05, 4.69) is 0 Å². The zero-order chi connectivity index (χ0) is 13.1. The largest absolute Gasteiger partial charge is 0.443 e. The molecule has 3 nitrogen and oxygen atoms in total. The predicted molar refractivity (Wildman–Crippen MR) is 65.7 cm³/mol. The van der Waals surface area contributed by atoms with Gasteiger partial charge in [-0.2, -0.15) is 0 Å². The van der Waals surface area contributed by atoms with Crippen molar-refractivity contribution < 1.29 is 13.9 Å². The molecule has 94 valence electrons. The summed E-state index contributed by atoms with van der Waals surface area (Å²) < 4.78 is 18.3. The van der Waals surface area contributed by atoms with Gasteiger partial charge < -0.3 is 4.74 Å². The van der Waals surface area contributed by atoms with Crippen LogP contribution in [0.2, 0.25) is 0 Å². The maximum atomic E-state index is 13.1. The number of hydrogen-bond donors (Lipinski definition) is 0. The van der Waals surface area contributed by atoms with Crippen molar-refractivity contribution in [1.82, 2.24) is 0 Å². The van der Waals surface area contributed by atoms with Crippen molar-refractivity contribution >= 4 is 11.8 Å². The van der Waals surface area contributed by atoms with E-state index in [0.717, 1.165) is 0 Å². The van der Waals surface area contributed by atoms with E-state index >= 15 is 0 Å². The Kier molecular flexibility index (Phi) is 4.10. The number of amides is 1. The Balaban J connectivity index is 2.88. The second-order valence-electron chi connectivity index (χ2n) is 4.70. The summed E-state index contributed by atoms with van der Waals surface area (Å²) >= 11 is 0. The Morgan fingerprint density at radius 3 is 2.53 bits per heavy atom. The molecule has 1 rings (SSSR count). The summed E-state index contributed by atoms with van der Waals surface area (Å²) in [5.41, 5.74) is -0.0561. The zero-order valence-electron chi connectivity index (χ0n) is 10.7. The topological polar surface area (TPSA) is 29.5 Å². The lowest BCUT2D eigenvalue weighted by molar-refractivity contribution is 0.0582. The van der Waals surface area contributed by atoms with Gasteiger partial charge in [-0.3, -0.25) is 4.90 Å². The molecule has 4 heteroatoms. The fourth-order valence-electron chi connectivity index (χ4n) is 1.38. The quantitative estimate of drug-likeness (QED) is 0.789. The highest BCUT2D eigenvalue weighted by Gasteiger charge is 2.22. The molecule has 0 saturated heterocycles. The van der Waals surface area contributed by atoms with E-state index < -0.39 is 11.7 Å². The molecule has 1 aromatic carbocycles. The van der Waals surface area contributed by atoms with Crippen LogP contribution in [0.25, 0.3) is 0 Å². The highest BCUT2D eigenvalue weighted by Crippen LogP contribution is 2.18. The number of carbonyl (C=O) groups is 1. The molecule has 0 saturated carbocycles. The van der Waals surface area contributed by atoms with Crippen LogP contribution >= 0.6 is 0 Å². The van der Waals surface area contributed by atoms with Gasteiger partial charge in [0.2, 0.25) is 0 Å². The summed E-state index contributed by atoms with van der Waals surface area (Å²) in [5, 5.41) is 0. The maximum Gasteiger partial charge on any atom is 0.414 e. The molecule has 0 aliphatic rings. The van der Waals surface area contributed by atoms with E-state index in [4.69, 9.17) is 4.74 Å². The van der Waals surface area contributed by atoms with Crippen LogP contribution in [-0.2, 0) is 4.74 Å². The highest BCUT2D eigenvalue weighted by molar-refractivity contribution is 5.87. The lowest BCUT2D eigenvalue weighted by Crippen LogP contribution is -2.36. The van der Waals surface area contributed by atoms with Crippen LogP contribution in [-0.4, -0.2) is 18.2 Å². The number of ether oxygens (including phenoxy) is 1. The zero-order valence-corrected chi connectivity index (χ0v) is 10.7. The van der Waals surface area contributed by atoms with Gasteiger partial charge in [-0.15, -0.1) is 0 Å². The molecule has 1 amide bonds. The van der Waals surface area contributed by atoms with Crippen molar-refractivity contribution in [3.05, 3.63) is 30.1 Å². The van der Waals surface area contributed by atoms with Crippen LogP contribution in [0.3, 0.4) is 0 Å². The van der Waals surface area contributed by atoms with Crippen LogP contribution < -0.4 is 4.90 Å². The van der Waals surface area contributed by atoms with Crippen molar-refractivity contribution in [1.29, 1.82) is 0 Å². The average Bonchev–Trinajstić information content (AvgIpc) is 2.15. The fourth-order valence-corrected chi connectivity index (χ4v) is 1.38. The first-order valence-corrected chi connectivity index (χ1v) is 5.59. The third-order valence-electron chi connectivity index (χ3n) is 2.05. The van der Waals surface area contributed by atoms with Crippen LogP contribution in [0.1, 0.15) is 27.7 Å². The number of nitrogens with zero attached hydrogens (tertiary/aromatic N) is 1. The Morgan fingerprint density at radius 1 is 1.41 bits per heavy atom. The van der Waals surface area contributed by atoms with Crippen molar-refractivity contribution in [2.75, 3.05) is 11.4 Å². The molecule has 0 heterocycles. The fraction of sp³-hybridized carbons (Fsp3) is 0.462. The van der Waals surface area contributed by atoms with E-state index in [1.54, 1.807) is 32.9 Å². The summed E-state index contributed by atoms with van der Waals surface area (Å²) in [7, 11) is 0. The number of carbonyl (C=O) groups excluding carboxylic acids is 1. The lowest BCUT2D eigenvalue weighted by atomic mass is 10.2. The van der Waals surface area contributed by atoms with Crippen LogP contribution in [0.15, 0.2) is 24.3 Å². The van der Waals surface area contributed by atoms with Crippen molar-refractivity contribution in [2.24, 2.45) is 0 Å². The molecule has 0 aromatic heterocycles. The Bertz CT molecular complexity index is 399. The number of hydrogen-bond acceptors (Lipinski definition) is 2. The summed E-state index contributed by atoms with van der Waals surface area (Å²) in [6.45, 7) is 7.63. The first-order chi connectivity index (χ1) is 7.83. The highest BCUT2D eigenvalue weighted by atomic mass is 19.1. The SMILES string of the molecule is CCN(C(=O)OC(C)(C)C)c1cccc(F)c1. The minimum Gasteiger partial charge on any atom is -0.443 e. The van der Waals surface area contributed by atoms with Gasteiger partial charge in [-0.25, -0.2) is 9.18 Å². The number of anilines is 1. The van der Waals surface area contributed by atoms with Crippen molar-refractivity contribution in [3.63, 3.8) is 0 Å². The molecule has 0 atom stereocenters. The number of rotatable bonds is 2. The van der Waals surface area contributed by atoms with Crippen LogP contribution in [0, 0.1) is 5.82 Å². The molecule has 0 aliphatic heterocycles. The van der Waals surface area contributed by atoms with E-state index in [0.29, 0.717) is 12.2 Å². The van der Waals surface area contributed by atoms with Gasteiger partial charge >= 0.3 is 6.09 Å². The second kappa shape index (κ2) is 5.17. The molecule has 0 bridgehead atoms. The molecule has 0 unspecified atom stereocenters. The van der Waals surface area contributed by atoms with Gasteiger partial charge in [0.05, 0.1) is 0 Å². The van der Waals surface area contributed by atoms with Crippen molar-refractivity contribution in [3.8, 4) is 0 Å². The average molecular weight is 239 g/mol. The Hall–Kier alpha value is -1.58. The van der Waals surface area contributed by atoms with E-state index in [-0.39, 0.29) is 5.82 Å². The summed E-state index contributed by atoms with van der Waals surface area (Å²) in [6, 6.07) is 5.90. The first kappa shape index (κ1) is 13.5. The molecule has 0 fully saturated rings. The van der Waals surface area contributed by atoms with Gasteiger partial charge in [-0.1, -0.05) is 6.07 Å². The third-order valence-corrected chi connectivity index (χ3v) is 2.05. The normalized spacial score (nSPS) is 11.1. The number of benzene rings is 1. The van der Waals surface area contributed by atoms with E-state index in [9.17, 15) is 9.18 Å². The molecule has 17 heavy (non-hydrogen) atoms. The van der Waals surface area contributed by atoms with Gasteiger partial charge in [0.25, 0.3) is 0 Å². The molecule has 0 radical (unpaired) electrons. The number of halogens is 1. The summed E-state index contributed by atoms with van der Waals surface area (Å²) in [4.78, 5) is 13.3. The summed E-state index contributed by atoms with van der Waals surface area (Å²) in [5.74, 6) is -0.371. The standard InChI is InChI=1S/C13H18FNO2/c1-5-15(12(16)17-13(2,3)4)11-8-6-7-10(14)9-11/h6-9H,5H2,1-4H3. The first-order valence-electron chi connectivity index (χ1n) is 5.59. The smallest absolute Gasteiger partial charge is 0.414 e. The van der Waals surface area contributed by atoms with Gasteiger partial charge in [-0.05, 0) is 45.9 Å². The van der Waals surface area contributed by atoms with E-state index in [1.807, 2.05) is 6.92 Å². The van der Waals surface area contributed by atoms with Crippen molar-refractivity contribution in [2.45, 2.75) is 33.3 Å². The monoisotopic (exact) mass is 239 g/mol. The minimum atomic E-state index is -0.558. The molecular weight excluding hydrogens is 221 g/mol. The predicted octanol–water partition coefficient (Wildman–Crippen LogP) is 3.59. The lowest BCUT2D eigenvalue weighted by Gasteiger charge is -2.26. The molecule has 0 N–H and O–H groups in total. The maximum absolute atomic E-state index is 13.1. The van der Waals surface area contributed by atoms with E-state index in [1.165, 1.54) is 17.0 Å². The second-order valence-corrected chi connectivity index (χ2v) is 4.70. The van der Waals surface area contributed by atoms with Crippen LogP contribution in [0.4, 0.5) is 14.9 Å². The minimum absolute atomic E-state index is 0.371. The molecule has 1 aromatic rings. The third kappa shape index (κ3) is 4.06. The summed E-state index contributed by atoms with van der Waals surface area (Å²) in [6.07, 6.45) is -0.467. The van der Waals surface area contributed by atoms with Gasteiger partial charge in [0.1, 0.15) is 11.4 Å². The Morgan fingerprint density at radius 2 is 2.06 bits per heavy atom. The molecular formula is C13H18FNO2. The molecule has 0 spiro atoms. The van der Waals surface area contributed by atoms with Crippen LogP contribution in [0.5, 0.6) is 0 Å². The molecule has 0 aliphatic carbocycles. The Labute approximate surface area is 101 Å². The van der Waals surface area contributed by atoms with Gasteiger partial charge in [0.15, 0.2) is 0 Å². The van der Waals surface area contributed by atoms with Gasteiger partial charge in [0, 0.05) is 12.2 Å².